The molecule has 0 N–H and O–H groups in total. The third-order valence-electron chi connectivity index (χ3n) is 4.51. The van der Waals surface area contributed by atoms with Crippen LogP contribution in [-0.2, 0) is 16.1 Å². The minimum absolute atomic E-state index is 0.0999. The maximum absolute atomic E-state index is 12.9. The molecule has 8 nitrogen and oxygen atoms in total. The first-order chi connectivity index (χ1) is 14.5. The molecule has 0 radical (unpaired) electrons. The van der Waals surface area contributed by atoms with Gasteiger partial charge in [0.25, 0.3) is 0 Å². The van der Waals surface area contributed by atoms with Gasteiger partial charge >= 0.3 is 11.6 Å². The Balaban J connectivity index is 1.66. The van der Waals surface area contributed by atoms with E-state index in [0.29, 0.717) is 22.4 Å². The number of aromatic nitrogens is 4. The van der Waals surface area contributed by atoms with Gasteiger partial charge in [-0.3, -0.25) is 0 Å². The Morgan fingerprint density at radius 2 is 1.93 bits per heavy atom. The molecule has 30 heavy (non-hydrogen) atoms. The summed E-state index contributed by atoms with van der Waals surface area (Å²) in [5.41, 5.74) is 2.41. The predicted octanol–water partition coefficient (Wildman–Crippen LogP) is 3.14. The van der Waals surface area contributed by atoms with Gasteiger partial charge in [-0.25, -0.2) is 9.59 Å². The van der Waals surface area contributed by atoms with Crippen molar-refractivity contribution in [3.8, 4) is 0 Å². The Kier molecular flexibility index (Phi) is 5.21. The van der Waals surface area contributed by atoms with E-state index in [4.69, 9.17) is 9.15 Å². The van der Waals surface area contributed by atoms with Gasteiger partial charge in [-0.05, 0) is 47.5 Å². The number of hydrogen-bond donors (Lipinski definition) is 0. The highest BCUT2D eigenvalue weighted by Gasteiger charge is 2.18. The van der Waals surface area contributed by atoms with Crippen LogP contribution in [0.15, 0.2) is 63.8 Å². The van der Waals surface area contributed by atoms with Gasteiger partial charge in [0.2, 0.25) is 0 Å². The molecule has 0 unspecified atom stereocenters. The first kappa shape index (κ1) is 19.3. The second-order valence-electron chi connectivity index (χ2n) is 6.74. The zero-order chi connectivity index (χ0) is 21.1. The van der Waals surface area contributed by atoms with Crippen molar-refractivity contribution in [1.82, 2.24) is 20.2 Å². The van der Waals surface area contributed by atoms with Crippen molar-refractivity contribution in [2.45, 2.75) is 20.5 Å². The highest BCUT2D eigenvalue weighted by atomic mass is 16.5. The van der Waals surface area contributed by atoms with Gasteiger partial charge in [0.05, 0.1) is 0 Å². The van der Waals surface area contributed by atoms with Crippen LogP contribution >= 0.6 is 0 Å². The second kappa shape index (κ2) is 8.12. The molecular formula is C22H18N4O4. The highest BCUT2D eigenvalue weighted by molar-refractivity contribution is 6.15. The lowest BCUT2D eigenvalue weighted by Gasteiger charge is -2.10. The fourth-order valence-corrected chi connectivity index (χ4v) is 3.04. The highest BCUT2D eigenvalue weighted by Crippen LogP contribution is 2.20. The minimum Gasteiger partial charge on any atom is -0.456 e. The Labute approximate surface area is 171 Å². The van der Waals surface area contributed by atoms with Crippen molar-refractivity contribution < 1.29 is 13.9 Å². The predicted molar refractivity (Wildman–Crippen MR) is 110 cm³/mol. The smallest absolute Gasteiger partial charge is 0.357 e. The van der Waals surface area contributed by atoms with Crippen LogP contribution in [0, 0.1) is 13.8 Å². The maximum atomic E-state index is 12.9. The summed E-state index contributed by atoms with van der Waals surface area (Å²) in [4.78, 5) is 24.9. The fraction of sp³-hybridized carbons (Fsp3) is 0.136. The van der Waals surface area contributed by atoms with E-state index in [0.717, 1.165) is 11.1 Å². The molecule has 0 aliphatic carbocycles. The Morgan fingerprint density at radius 1 is 1.13 bits per heavy atom. The summed E-state index contributed by atoms with van der Waals surface area (Å²) >= 11 is 0. The molecule has 0 aliphatic rings. The minimum atomic E-state index is -0.622. The van der Waals surface area contributed by atoms with Gasteiger partial charge in [0, 0.05) is 17.0 Å². The van der Waals surface area contributed by atoms with E-state index in [-0.39, 0.29) is 12.3 Å². The number of benzene rings is 2. The molecule has 0 saturated heterocycles. The first-order valence-corrected chi connectivity index (χ1v) is 9.24. The molecule has 4 rings (SSSR count). The number of rotatable bonds is 5. The van der Waals surface area contributed by atoms with Gasteiger partial charge in [-0.2, -0.15) is 4.68 Å². The summed E-state index contributed by atoms with van der Waals surface area (Å²) in [7, 11) is 0. The molecule has 150 valence electrons. The topological polar surface area (TPSA) is 100 Å². The summed E-state index contributed by atoms with van der Waals surface area (Å²) in [6.45, 7) is 3.49. The van der Waals surface area contributed by atoms with Crippen molar-refractivity contribution in [1.29, 1.82) is 0 Å². The number of carbonyl (C=O) groups is 1. The van der Waals surface area contributed by atoms with E-state index in [1.54, 1.807) is 19.1 Å². The third-order valence-corrected chi connectivity index (χ3v) is 4.51. The summed E-state index contributed by atoms with van der Waals surface area (Å²) in [6, 6.07) is 16.1. The third kappa shape index (κ3) is 4.02. The van der Waals surface area contributed by atoms with Crippen LogP contribution in [0.3, 0.4) is 0 Å². The van der Waals surface area contributed by atoms with Crippen LogP contribution in [0.1, 0.15) is 22.5 Å². The molecule has 2 heterocycles. The Bertz CT molecular complexity index is 1310. The van der Waals surface area contributed by atoms with Crippen molar-refractivity contribution in [3.05, 3.63) is 87.5 Å². The van der Waals surface area contributed by atoms with Gasteiger partial charge in [0.15, 0.2) is 11.5 Å². The zero-order valence-corrected chi connectivity index (χ0v) is 16.4. The quantitative estimate of drug-likeness (QED) is 0.287. The molecule has 0 atom stereocenters. The number of esters is 1. The molecule has 8 heteroatoms. The molecule has 2 aromatic heterocycles. The number of fused-ring (bicyclic) bond motifs is 1. The maximum Gasteiger partial charge on any atom is 0.357 e. The van der Waals surface area contributed by atoms with Crippen LogP contribution in [0.4, 0.5) is 0 Å². The van der Waals surface area contributed by atoms with E-state index in [9.17, 15) is 9.59 Å². The van der Waals surface area contributed by atoms with Crippen LogP contribution in [0.25, 0.3) is 22.7 Å². The summed E-state index contributed by atoms with van der Waals surface area (Å²) in [5.74, 6) is -0.182. The van der Waals surface area contributed by atoms with Crippen molar-refractivity contribution in [2.75, 3.05) is 0 Å². The number of tetrazole rings is 1. The molecule has 0 amide bonds. The van der Waals surface area contributed by atoms with Crippen LogP contribution < -0.4 is 5.63 Å². The van der Waals surface area contributed by atoms with E-state index in [2.05, 4.69) is 15.5 Å². The first-order valence-electron chi connectivity index (χ1n) is 9.24. The number of carbonyl (C=O) groups excluding carboxylic acids is 1. The SMILES string of the molecule is Cc1ccc2c(COC(=O)C(=Cc3ccccc3)n3nnnc3C)cc(=O)oc2c1. The van der Waals surface area contributed by atoms with E-state index >= 15 is 0 Å². The second-order valence-corrected chi connectivity index (χ2v) is 6.74. The van der Waals surface area contributed by atoms with Gasteiger partial charge in [-0.15, -0.1) is 5.10 Å². The Morgan fingerprint density at radius 3 is 2.67 bits per heavy atom. The van der Waals surface area contributed by atoms with Crippen LogP contribution in [0.2, 0.25) is 0 Å². The summed E-state index contributed by atoms with van der Waals surface area (Å²) in [6.07, 6.45) is 1.65. The lowest BCUT2D eigenvalue weighted by molar-refractivity contribution is -0.138. The van der Waals surface area contributed by atoms with Crippen LogP contribution in [0.5, 0.6) is 0 Å². The van der Waals surface area contributed by atoms with Crippen LogP contribution in [-0.4, -0.2) is 26.2 Å². The molecule has 4 aromatic rings. The zero-order valence-electron chi connectivity index (χ0n) is 16.4. The van der Waals surface area contributed by atoms with Gasteiger partial charge < -0.3 is 9.15 Å². The normalized spacial score (nSPS) is 11.6. The van der Waals surface area contributed by atoms with Gasteiger partial charge in [0.1, 0.15) is 12.2 Å². The van der Waals surface area contributed by atoms with Crippen molar-refractivity contribution in [2.24, 2.45) is 0 Å². The molecule has 0 fully saturated rings. The van der Waals surface area contributed by atoms with Gasteiger partial charge in [-0.1, -0.05) is 42.5 Å². The molecular weight excluding hydrogens is 384 g/mol. The molecule has 0 bridgehead atoms. The average Bonchev–Trinajstić information content (AvgIpc) is 3.15. The summed E-state index contributed by atoms with van der Waals surface area (Å²) in [5, 5.41) is 12.0. The van der Waals surface area contributed by atoms with E-state index in [1.807, 2.05) is 49.4 Å². The molecule has 2 aromatic carbocycles. The standard InChI is InChI=1S/C22H18N4O4/c1-14-8-9-18-17(12-21(27)30-20(18)10-14)13-29-22(28)19(26-15(2)23-24-25-26)11-16-6-4-3-5-7-16/h3-12H,13H2,1-2H3. The molecule has 0 spiro atoms. The largest absolute Gasteiger partial charge is 0.456 e. The number of ether oxygens (including phenoxy) is 1. The monoisotopic (exact) mass is 402 g/mol. The van der Waals surface area contributed by atoms with Crippen molar-refractivity contribution >= 4 is 28.7 Å². The lowest BCUT2D eigenvalue weighted by Crippen LogP contribution is -2.15. The number of nitrogens with zero attached hydrogens (tertiary/aromatic N) is 4. The molecule has 0 saturated carbocycles. The lowest BCUT2D eigenvalue weighted by atomic mass is 10.1. The number of aryl methyl sites for hydroxylation is 2. The molecule has 0 aliphatic heterocycles. The Hall–Kier alpha value is -4.07. The summed E-state index contributed by atoms with van der Waals surface area (Å²) < 4.78 is 12.1. The van der Waals surface area contributed by atoms with E-state index < -0.39 is 11.6 Å². The van der Waals surface area contributed by atoms with E-state index in [1.165, 1.54) is 10.7 Å². The fourth-order valence-electron chi connectivity index (χ4n) is 3.04. The number of hydrogen-bond acceptors (Lipinski definition) is 7. The van der Waals surface area contributed by atoms with Crippen molar-refractivity contribution in [3.63, 3.8) is 0 Å². The average molecular weight is 402 g/mol.